The van der Waals surface area contributed by atoms with Gasteiger partial charge in [0.15, 0.2) is 6.79 Å². The van der Waals surface area contributed by atoms with Crippen LogP contribution in [0.1, 0.15) is 0 Å². The van der Waals surface area contributed by atoms with E-state index in [2.05, 4.69) is 9.26 Å². The van der Waals surface area contributed by atoms with Gasteiger partial charge in [-0.3, -0.25) is 9.09 Å². The van der Waals surface area contributed by atoms with Gasteiger partial charge in [-0.2, -0.15) is 0 Å². The molecule has 0 radical (unpaired) electrons. The third kappa shape index (κ3) is 6.11. The van der Waals surface area contributed by atoms with Gasteiger partial charge in [-0.25, -0.2) is 0 Å². The van der Waals surface area contributed by atoms with Crippen LogP contribution in [0.4, 0.5) is 0 Å². The second kappa shape index (κ2) is 4.27. The average molecular weight is 126 g/mol. The molecule has 0 aliphatic carbocycles. The quantitative estimate of drug-likeness (QED) is 0.426. The molecule has 0 fully saturated rings. The van der Waals surface area contributed by atoms with Crippen molar-refractivity contribution in [2.24, 2.45) is 0 Å². The number of hydrogen-bond acceptors (Lipinski definition) is 3. The molecular formula is C2H7O4P. The molecular weight excluding hydrogens is 119 g/mol. The highest BCUT2D eigenvalue weighted by Gasteiger charge is 1.85. The molecule has 1 unspecified atom stereocenters. The fourth-order valence-electron chi connectivity index (χ4n) is 0.109. The molecule has 0 aliphatic heterocycles. The third-order valence-electron chi connectivity index (χ3n) is 0.300. The van der Waals surface area contributed by atoms with Crippen molar-refractivity contribution in [3.63, 3.8) is 0 Å². The summed E-state index contributed by atoms with van der Waals surface area (Å²) in [6.07, 6.45) is 0. The van der Waals surface area contributed by atoms with E-state index in [1.54, 1.807) is 0 Å². The Morgan fingerprint density at radius 2 is 2.43 bits per heavy atom. The molecule has 0 saturated heterocycles. The lowest BCUT2D eigenvalue weighted by Crippen LogP contribution is -1.86. The van der Waals surface area contributed by atoms with Crippen LogP contribution in [0.25, 0.3) is 0 Å². The van der Waals surface area contributed by atoms with Gasteiger partial charge in [0.25, 0.3) is 0 Å². The highest BCUT2D eigenvalue weighted by atomic mass is 31.1. The second-order valence-corrected chi connectivity index (χ2v) is 1.64. The molecule has 7 heavy (non-hydrogen) atoms. The van der Waals surface area contributed by atoms with Crippen LogP contribution in [0, 0.1) is 0 Å². The van der Waals surface area contributed by atoms with E-state index in [0.29, 0.717) is 0 Å². The second-order valence-electron chi connectivity index (χ2n) is 0.817. The Morgan fingerprint density at radius 1 is 1.86 bits per heavy atom. The molecule has 44 valence electrons. The van der Waals surface area contributed by atoms with Gasteiger partial charge in [0, 0.05) is 7.11 Å². The summed E-state index contributed by atoms with van der Waals surface area (Å²) in [4.78, 5) is 7.93. The van der Waals surface area contributed by atoms with Crippen LogP contribution >= 0.6 is 8.25 Å². The van der Waals surface area contributed by atoms with E-state index in [9.17, 15) is 4.57 Å². The molecule has 5 heteroatoms. The maximum Gasteiger partial charge on any atom is 0.318 e. The van der Waals surface area contributed by atoms with E-state index < -0.39 is 8.25 Å². The van der Waals surface area contributed by atoms with E-state index in [1.807, 2.05) is 0 Å². The Morgan fingerprint density at radius 3 is 2.57 bits per heavy atom. The van der Waals surface area contributed by atoms with Crippen LogP contribution in [-0.4, -0.2) is 18.8 Å². The standard InChI is InChI=1S/C2H7O4P/c1-5-2-6-7(3)4/h7H,2H2,1H3,(H,3,4). The molecule has 4 nitrogen and oxygen atoms in total. The molecule has 0 aromatic heterocycles. The first-order valence-corrected chi connectivity index (χ1v) is 2.88. The van der Waals surface area contributed by atoms with Crippen molar-refractivity contribution in [3.05, 3.63) is 0 Å². The molecule has 0 aliphatic rings. The van der Waals surface area contributed by atoms with Gasteiger partial charge in [-0.05, 0) is 0 Å². The topological polar surface area (TPSA) is 55.8 Å². The highest BCUT2D eigenvalue weighted by Crippen LogP contribution is 2.12. The largest absolute Gasteiger partial charge is 0.358 e. The Balaban J connectivity index is 2.82. The fraction of sp³-hybridized carbons (Fsp3) is 1.00. The van der Waals surface area contributed by atoms with Crippen molar-refractivity contribution in [1.82, 2.24) is 0 Å². The lowest BCUT2D eigenvalue weighted by molar-refractivity contribution is 0.0489. The highest BCUT2D eigenvalue weighted by molar-refractivity contribution is 7.32. The first-order valence-electron chi connectivity index (χ1n) is 1.62. The SMILES string of the molecule is COCO[PH](=O)O. The van der Waals surface area contributed by atoms with Crippen molar-refractivity contribution in [2.45, 2.75) is 0 Å². The van der Waals surface area contributed by atoms with E-state index in [4.69, 9.17) is 4.89 Å². The zero-order valence-corrected chi connectivity index (χ0v) is 4.88. The van der Waals surface area contributed by atoms with Gasteiger partial charge in [-0.1, -0.05) is 0 Å². The molecule has 0 rings (SSSR count). The Bertz CT molecular complexity index is 62.7. The monoisotopic (exact) mass is 126 g/mol. The number of hydrogen-bond donors (Lipinski definition) is 1. The summed E-state index contributed by atoms with van der Waals surface area (Å²) in [5, 5.41) is 0. The Kier molecular flexibility index (Phi) is 4.34. The van der Waals surface area contributed by atoms with E-state index in [1.165, 1.54) is 7.11 Å². The van der Waals surface area contributed by atoms with Crippen LogP contribution in [0.2, 0.25) is 0 Å². The van der Waals surface area contributed by atoms with Crippen LogP contribution in [0.5, 0.6) is 0 Å². The zero-order chi connectivity index (χ0) is 5.70. The number of rotatable bonds is 3. The molecule has 1 N–H and O–H groups in total. The van der Waals surface area contributed by atoms with Crippen molar-refractivity contribution in [2.75, 3.05) is 13.9 Å². The van der Waals surface area contributed by atoms with Crippen molar-refractivity contribution in [3.8, 4) is 0 Å². The lowest BCUT2D eigenvalue weighted by atomic mass is 11.4. The van der Waals surface area contributed by atoms with E-state index >= 15 is 0 Å². The molecule has 1 atom stereocenters. The van der Waals surface area contributed by atoms with Crippen molar-refractivity contribution < 1.29 is 18.7 Å². The maximum atomic E-state index is 9.64. The number of methoxy groups -OCH3 is 1. The van der Waals surface area contributed by atoms with Crippen LogP contribution in [0.3, 0.4) is 0 Å². The van der Waals surface area contributed by atoms with Gasteiger partial charge in [0.05, 0.1) is 0 Å². The molecule has 0 heterocycles. The molecule has 0 saturated carbocycles. The van der Waals surface area contributed by atoms with Gasteiger partial charge < -0.3 is 9.63 Å². The summed E-state index contributed by atoms with van der Waals surface area (Å²) in [6, 6.07) is 0. The molecule has 0 aromatic rings. The Hall–Kier alpha value is 0.110. The predicted octanol–water partition coefficient (Wildman–Crippen LogP) is -0.0111. The smallest absolute Gasteiger partial charge is 0.318 e. The predicted molar refractivity (Wildman–Crippen MR) is 24.2 cm³/mol. The average Bonchev–Trinajstić information content (AvgIpc) is 1.61. The molecule has 0 aromatic carbocycles. The zero-order valence-electron chi connectivity index (χ0n) is 3.88. The first-order chi connectivity index (χ1) is 3.27. The summed E-state index contributed by atoms with van der Waals surface area (Å²) in [5.41, 5.74) is 0. The Labute approximate surface area is 42.0 Å². The van der Waals surface area contributed by atoms with Gasteiger partial charge in [-0.15, -0.1) is 0 Å². The van der Waals surface area contributed by atoms with Crippen molar-refractivity contribution >= 4 is 8.25 Å². The summed E-state index contributed by atoms with van der Waals surface area (Å²) in [6.45, 7) is -0.117. The van der Waals surface area contributed by atoms with Gasteiger partial charge in [0.2, 0.25) is 0 Å². The van der Waals surface area contributed by atoms with E-state index in [-0.39, 0.29) is 6.79 Å². The lowest BCUT2D eigenvalue weighted by Gasteiger charge is -1.92. The minimum Gasteiger partial charge on any atom is -0.358 e. The van der Waals surface area contributed by atoms with Crippen LogP contribution < -0.4 is 0 Å². The van der Waals surface area contributed by atoms with Crippen LogP contribution in [-0.2, 0) is 13.8 Å². The van der Waals surface area contributed by atoms with Crippen LogP contribution in [0.15, 0.2) is 0 Å². The fourth-order valence-corrected chi connectivity index (χ4v) is 0.328. The summed E-state index contributed by atoms with van der Waals surface area (Å²) >= 11 is 0. The van der Waals surface area contributed by atoms with E-state index in [0.717, 1.165) is 0 Å². The minimum absolute atomic E-state index is 0.117. The normalized spacial score (nSPS) is 14.0. The van der Waals surface area contributed by atoms with Crippen molar-refractivity contribution in [1.29, 1.82) is 0 Å². The molecule has 0 spiro atoms. The summed E-state index contributed by atoms with van der Waals surface area (Å²) in [7, 11) is -1.39. The summed E-state index contributed by atoms with van der Waals surface area (Å²) in [5.74, 6) is 0. The third-order valence-corrected chi connectivity index (χ3v) is 0.665. The minimum atomic E-state index is -2.77. The number of ether oxygens (including phenoxy) is 1. The van der Waals surface area contributed by atoms with Gasteiger partial charge >= 0.3 is 8.25 Å². The molecule has 0 bridgehead atoms. The molecule has 0 amide bonds. The maximum absolute atomic E-state index is 9.64. The first kappa shape index (κ1) is 7.11. The van der Waals surface area contributed by atoms with Gasteiger partial charge in [0.1, 0.15) is 0 Å². The summed E-state index contributed by atoms with van der Waals surface area (Å²) < 4.78 is 18.0.